The number of hydrogen-bond acceptors (Lipinski definition) is 4. The maximum atomic E-state index is 13.5. The van der Waals surface area contributed by atoms with Crippen LogP contribution in [-0.4, -0.2) is 22.1 Å². The Hall–Kier alpha value is -3.78. The number of β-lactam (4-membered cyclic amide) rings is 1. The van der Waals surface area contributed by atoms with Gasteiger partial charge in [0.1, 0.15) is 11.6 Å². The average Bonchev–Trinajstić information content (AvgIpc) is 2.83. The van der Waals surface area contributed by atoms with E-state index in [4.69, 9.17) is 10.9 Å². The molecule has 3 atom stereocenters. The Bertz CT molecular complexity index is 1150. The smallest absolute Gasteiger partial charge is 0.233 e. The summed E-state index contributed by atoms with van der Waals surface area (Å²) in [5.74, 6) is -1.33. The van der Waals surface area contributed by atoms with Crippen molar-refractivity contribution in [3.8, 4) is 0 Å². The molecule has 6 nitrogen and oxygen atoms in total. The predicted molar refractivity (Wildman–Crippen MR) is 120 cm³/mol. The highest BCUT2D eigenvalue weighted by Gasteiger charge is 2.48. The van der Waals surface area contributed by atoms with Crippen LogP contribution < -0.4 is 10.6 Å². The first-order valence-corrected chi connectivity index (χ1v) is 10.5. The Balaban J connectivity index is 1.56. The van der Waals surface area contributed by atoms with Crippen LogP contribution >= 0.6 is 0 Å². The largest absolute Gasteiger partial charge is 0.409 e. The summed E-state index contributed by atoms with van der Waals surface area (Å²) in [5, 5.41) is 22.3. The summed E-state index contributed by atoms with van der Waals surface area (Å²) >= 11 is 0. The first-order valence-electron chi connectivity index (χ1n) is 10.5. The van der Waals surface area contributed by atoms with Gasteiger partial charge in [0.2, 0.25) is 5.91 Å². The highest BCUT2D eigenvalue weighted by atomic mass is 19.1. The number of amidine groups is 1. The normalized spacial score (nSPS) is 19.3. The zero-order chi connectivity index (χ0) is 23.5. The Labute approximate surface area is 189 Å². The van der Waals surface area contributed by atoms with Gasteiger partial charge in [-0.1, -0.05) is 29.4 Å². The molecule has 33 heavy (non-hydrogen) atoms. The van der Waals surface area contributed by atoms with Gasteiger partial charge in [-0.25, -0.2) is 8.78 Å². The summed E-state index contributed by atoms with van der Waals surface area (Å²) in [7, 11) is 0. The van der Waals surface area contributed by atoms with E-state index in [1.165, 1.54) is 36.4 Å². The summed E-state index contributed by atoms with van der Waals surface area (Å²) in [6.45, 7) is 0. The monoisotopic (exact) mass is 451 g/mol. The second-order valence-electron chi connectivity index (χ2n) is 7.99. The first kappa shape index (κ1) is 22.4. The van der Waals surface area contributed by atoms with Gasteiger partial charge in [0.15, 0.2) is 5.84 Å². The number of carbonyl (C=O) groups excluding carboxylic acids is 1. The van der Waals surface area contributed by atoms with Crippen molar-refractivity contribution in [2.45, 2.75) is 25.0 Å². The minimum Gasteiger partial charge on any atom is -0.409 e. The number of aliphatic hydroxyl groups is 1. The number of rotatable bonds is 7. The molecule has 4 N–H and O–H groups in total. The van der Waals surface area contributed by atoms with Crippen LogP contribution in [0, 0.1) is 17.6 Å². The molecule has 3 unspecified atom stereocenters. The van der Waals surface area contributed by atoms with Gasteiger partial charge >= 0.3 is 0 Å². The summed E-state index contributed by atoms with van der Waals surface area (Å²) in [4.78, 5) is 14.7. The van der Waals surface area contributed by atoms with Crippen LogP contribution in [0.25, 0.3) is 0 Å². The van der Waals surface area contributed by atoms with E-state index < -0.39 is 12.0 Å². The molecule has 1 aliphatic heterocycles. The molecule has 1 fully saturated rings. The average molecular weight is 451 g/mol. The van der Waals surface area contributed by atoms with Crippen LogP contribution in [0.15, 0.2) is 78.0 Å². The molecule has 0 aromatic heterocycles. The highest BCUT2D eigenvalue weighted by molar-refractivity contribution is 6.04. The van der Waals surface area contributed by atoms with Gasteiger partial charge in [-0.3, -0.25) is 4.79 Å². The molecule has 1 heterocycles. The van der Waals surface area contributed by atoms with E-state index >= 15 is 0 Å². The van der Waals surface area contributed by atoms with Crippen molar-refractivity contribution in [1.82, 2.24) is 0 Å². The zero-order valence-corrected chi connectivity index (χ0v) is 17.6. The molecule has 0 aliphatic carbocycles. The van der Waals surface area contributed by atoms with Crippen LogP contribution in [0.4, 0.5) is 14.5 Å². The molecule has 0 radical (unpaired) electrons. The van der Waals surface area contributed by atoms with Gasteiger partial charge in [0.05, 0.1) is 18.1 Å². The van der Waals surface area contributed by atoms with Gasteiger partial charge in [0, 0.05) is 11.3 Å². The number of nitrogens with zero attached hydrogens (tertiary/aromatic N) is 2. The van der Waals surface area contributed by atoms with Gasteiger partial charge in [-0.2, -0.15) is 0 Å². The van der Waals surface area contributed by atoms with E-state index in [2.05, 4.69) is 5.16 Å². The summed E-state index contributed by atoms with van der Waals surface area (Å²) < 4.78 is 26.7. The molecule has 1 aliphatic rings. The van der Waals surface area contributed by atoms with E-state index in [1.807, 2.05) is 0 Å². The standard InChI is InChI=1S/C25H23F2N3O3/c26-18-7-1-15(2-8-18)22(31)14-13-21-23(16-3-9-19(27)10-4-16)30(25(21)32)20-11-5-17(6-12-20)24(28)29-33/h1-12,21-23,31,33H,13-14H2,(H2,28,29). The SMILES string of the molecule is N/C(=N/O)c1ccc(N2C(=O)C(CCC(O)c3ccc(F)cc3)C2c2ccc(F)cc2)cc1. The minimum atomic E-state index is -0.832. The highest BCUT2D eigenvalue weighted by Crippen LogP contribution is 2.46. The molecular formula is C25H23F2N3O3. The van der Waals surface area contributed by atoms with Crippen molar-refractivity contribution in [2.75, 3.05) is 4.90 Å². The number of carbonyl (C=O) groups is 1. The van der Waals surface area contributed by atoms with E-state index in [9.17, 15) is 18.7 Å². The van der Waals surface area contributed by atoms with E-state index in [-0.39, 0.29) is 29.4 Å². The molecular weight excluding hydrogens is 428 g/mol. The number of oxime groups is 1. The van der Waals surface area contributed by atoms with Crippen molar-refractivity contribution in [2.24, 2.45) is 16.8 Å². The van der Waals surface area contributed by atoms with Crippen LogP contribution in [-0.2, 0) is 4.79 Å². The van der Waals surface area contributed by atoms with Gasteiger partial charge in [0.25, 0.3) is 0 Å². The molecule has 170 valence electrons. The van der Waals surface area contributed by atoms with Crippen molar-refractivity contribution in [1.29, 1.82) is 0 Å². The van der Waals surface area contributed by atoms with E-state index in [0.29, 0.717) is 29.7 Å². The van der Waals surface area contributed by atoms with Gasteiger partial charge < -0.3 is 20.9 Å². The molecule has 8 heteroatoms. The van der Waals surface area contributed by atoms with Crippen molar-refractivity contribution in [3.63, 3.8) is 0 Å². The quantitative estimate of drug-likeness (QED) is 0.164. The zero-order valence-electron chi connectivity index (χ0n) is 17.6. The van der Waals surface area contributed by atoms with Crippen LogP contribution in [0.5, 0.6) is 0 Å². The lowest BCUT2D eigenvalue weighted by Crippen LogP contribution is -2.55. The van der Waals surface area contributed by atoms with Crippen molar-refractivity contribution >= 4 is 17.4 Å². The Morgan fingerprint density at radius 2 is 1.55 bits per heavy atom. The lowest BCUT2D eigenvalue weighted by atomic mass is 9.78. The Kier molecular flexibility index (Phi) is 6.37. The van der Waals surface area contributed by atoms with Crippen molar-refractivity contribution in [3.05, 3.63) is 101 Å². The van der Waals surface area contributed by atoms with E-state index in [0.717, 1.165) is 5.56 Å². The number of nitrogens with two attached hydrogens (primary N) is 1. The molecule has 1 saturated heterocycles. The third kappa shape index (κ3) is 4.56. The molecule has 4 rings (SSSR count). The second kappa shape index (κ2) is 9.38. The number of hydrogen-bond donors (Lipinski definition) is 3. The lowest BCUT2D eigenvalue weighted by molar-refractivity contribution is -0.131. The Morgan fingerprint density at radius 1 is 0.970 bits per heavy atom. The summed E-state index contributed by atoms with van der Waals surface area (Å²) in [6.07, 6.45) is -0.116. The number of anilines is 1. The van der Waals surface area contributed by atoms with Crippen LogP contribution in [0.1, 0.15) is 41.7 Å². The second-order valence-corrected chi connectivity index (χ2v) is 7.99. The number of halogens is 2. The van der Waals surface area contributed by atoms with Crippen molar-refractivity contribution < 1.29 is 23.9 Å². The molecule has 0 spiro atoms. The number of benzene rings is 3. The maximum Gasteiger partial charge on any atom is 0.233 e. The van der Waals surface area contributed by atoms with Gasteiger partial charge in [-0.05, 0) is 72.5 Å². The molecule has 3 aromatic carbocycles. The number of aliphatic hydroxyl groups excluding tert-OH is 1. The predicted octanol–water partition coefficient (Wildman–Crippen LogP) is 4.28. The molecule has 0 saturated carbocycles. The van der Waals surface area contributed by atoms with E-state index in [1.54, 1.807) is 41.3 Å². The first-order chi connectivity index (χ1) is 15.9. The van der Waals surface area contributed by atoms with Gasteiger partial charge in [-0.15, -0.1) is 0 Å². The van der Waals surface area contributed by atoms with Crippen LogP contribution in [0.3, 0.4) is 0 Å². The topological polar surface area (TPSA) is 99.2 Å². The minimum absolute atomic E-state index is 0.0424. The lowest BCUT2D eigenvalue weighted by Gasteiger charge is -2.48. The fourth-order valence-corrected chi connectivity index (χ4v) is 4.20. The molecule has 1 amide bonds. The fourth-order valence-electron chi connectivity index (χ4n) is 4.20. The third-order valence-corrected chi connectivity index (χ3v) is 5.98. The fraction of sp³-hybridized carbons (Fsp3) is 0.200. The third-order valence-electron chi connectivity index (χ3n) is 5.98. The maximum absolute atomic E-state index is 13.5. The number of amides is 1. The summed E-state index contributed by atoms with van der Waals surface area (Å²) in [5.41, 5.74) is 8.10. The Morgan fingerprint density at radius 3 is 2.12 bits per heavy atom. The van der Waals surface area contributed by atoms with Crippen LogP contribution in [0.2, 0.25) is 0 Å². The summed E-state index contributed by atoms with van der Waals surface area (Å²) in [6, 6.07) is 18.0. The molecule has 0 bridgehead atoms. The molecule has 3 aromatic rings.